The molecule has 0 radical (unpaired) electrons. The maximum atomic E-state index is 4.75. The lowest BCUT2D eigenvalue weighted by Crippen LogP contribution is -2.47. The molecule has 1 aromatic heterocycles. The Labute approximate surface area is 127 Å². The Morgan fingerprint density at radius 1 is 1.00 bits per heavy atom. The summed E-state index contributed by atoms with van der Waals surface area (Å²) in [4.78, 5) is 11.7. The highest BCUT2D eigenvalue weighted by atomic mass is 15.5. The van der Waals surface area contributed by atoms with E-state index in [-0.39, 0.29) is 5.41 Å². The van der Waals surface area contributed by atoms with Crippen LogP contribution in [0.2, 0.25) is 0 Å². The van der Waals surface area contributed by atoms with Crippen LogP contribution >= 0.6 is 0 Å². The SMILES string of the molecule is CNc1nc(C(C)(C)C)nc(NN2CCN(C)CC2)c1C. The van der Waals surface area contributed by atoms with Crippen molar-refractivity contribution in [2.24, 2.45) is 0 Å². The van der Waals surface area contributed by atoms with Crippen molar-refractivity contribution in [3.8, 4) is 0 Å². The largest absolute Gasteiger partial charge is 0.373 e. The molecule has 2 rings (SSSR count). The molecule has 2 heterocycles. The van der Waals surface area contributed by atoms with Gasteiger partial charge in [-0.15, -0.1) is 0 Å². The van der Waals surface area contributed by atoms with Crippen LogP contribution in [0.25, 0.3) is 0 Å². The highest BCUT2D eigenvalue weighted by molar-refractivity contribution is 5.57. The maximum Gasteiger partial charge on any atom is 0.149 e. The Morgan fingerprint density at radius 3 is 2.10 bits per heavy atom. The second-order valence-corrected chi connectivity index (χ2v) is 6.77. The maximum absolute atomic E-state index is 4.75. The van der Waals surface area contributed by atoms with Crippen LogP contribution in [0, 0.1) is 6.92 Å². The monoisotopic (exact) mass is 292 g/mol. The van der Waals surface area contributed by atoms with Crippen LogP contribution in [0.5, 0.6) is 0 Å². The second-order valence-electron chi connectivity index (χ2n) is 6.77. The zero-order valence-electron chi connectivity index (χ0n) is 14.1. The van der Waals surface area contributed by atoms with E-state index < -0.39 is 0 Å². The van der Waals surface area contributed by atoms with Crippen molar-refractivity contribution in [3.05, 3.63) is 11.4 Å². The number of piperazine rings is 1. The Bertz CT molecular complexity index is 486. The highest BCUT2D eigenvalue weighted by Gasteiger charge is 2.22. The molecule has 0 bridgehead atoms. The summed E-state index contributed by atoms with van der Waals surface area (Å²) < 4.78 is 0. The topological polar surface area (TPSA) is 56.3 Å². The predicted octanol–water partition coefficient (Wildman–Crippen LogP) is 1.70. The summed E-state index contributed by atoms with van der Waals surface area (Å²) in [7, 11) is 4.06. The van der Waals surface area contributed by atoms with Crippen LogP contribution in [-0.2, 0) is 5.41 Å². The molecule has 1 aliphatic rings. The Morgan fingerprint density at radius 2 is 1.57 bits per heavy atom. The molecule has 0 atom stereocenters. The van der Waals surface area contributed by atoms with E-state index in [0.29, 0.717) is 0 Å². The standard InChI is InChI=1S/C15H28N6/c1-11-12(16-5)17-14(15(2,3)4)18-13(11)19-21-9-7-20(6)8-10-21/h7-10H2,1-6H3,(H2,16,17,18,19). The fourth-order valence-electron chi connectivity index (χ4n) is 2.27. The molecule has 0 spiro atoms. The molecule has 1 aliphatic heterocycles. The summed E-state index contributed by atoms with van der Waals surface area (Å²) in [6.07, 6.45) is 0. The molecule has 21 heavy (non-hydrogen) atoms. The van der Waals surface area contributed by atoms with Crippen LogP contribution in [0.3, 0.4) is 0 Å². The summed E-state index contributed by atoms with van der Waals surface area (Å²) in [5.41, 5.74) is 4.46. The van der Waals surface area contributed by atoms with E-state index in [4.69, 9.17) is 4.98 Å². The number of aromatic nitrogens is 2. The summed E-state index contributed by atoms with van der Waals surface area (Å²) >= 11 is 0. The van der Waals surface area contributed by atoms with Gasteiger partial charge in [0.2, 0.25) is 0 Å². The Kier molecular flexibility index (Phi) is 4.68. The highest BCUT2D eigenvalue weighted by Crippen LogP contribution is 2.26. The zero-order chi connectivity index (χ0) is 15.6. The summed E-state index contributed by atoms with van der Waals surface area (Å²) in [5, 5.41) is 5.41. The third kappa shape index (κ3) is 3.83. The van der Waals surface area contributed by atoms with Gasteiger partial charge in [0.1, 0.15) is 17.5 Å². The van der Waals surface area contributed by atoms with Gasteiger partial charge in [0, 0.05) is 44.2 Å². The molecule has 118 valence electrons. The molecule has 0 saturated carbocycles. The third-order valence-corrected chi connectivity index (χ3v) is 3.82. The van der Waals surface area contributed by atoms with Crippen molar-refractivity contribution in [1.29, 1.82) is 0 Å². The number of nitrogens with one attached hydrogen (secondary N) is 2. The van der Waals surface area contributed by atoms with Gasteiger partial charge in [-0.05, 0) is 14.0 Å². The van der Waals surface area contributed by atoms with E-state index in [9.17, 15) is 0 Å². The number of rotatable bonds is 3. The minimum Gasteiger partial charge on any atom is -0.373 e. The number of hydrazine groups is 1. The van der Waals surface area contributed by atoms with Crippen molar-refractivity contribution in [2.75, 3.05) is 51.0 Å². The number of likely N-dealkylation sites (N-methyl/N-ethyl adjacent to an activating group) is 1. The van der Waals surface area contributed by atoms with Crippen molar-refractivity contribution >= 4 is 11.6 Å². The zero-order valence-corrected chi connectivity index (χ0v) is 14.1. The Balaban J connectivity index is 2.25. The molecule has 2 N–H and O–H groups in total. The van der Waals surface area contributed by atoms with E-state index in [2.05, 4.69) is 60.4 Å². The first-order valence-corrected chi connectivity index (χ1v) is 7.58. The molecule has 1 aromatic rings. The third-order valence-electron chi connectivity index (χ3n) is 3.82. The second kappa shape index (κ2) is 6.15. The van der Waals surface area contributed by atoms with E-state index in [1.165, 1.54) is 0 Å². The lowest BCUT2D eigenvalue weighted by atomic mass is 9.95. The van der Waals surface area contributed by atoms with Gasteiger partial charge in [-0.25, -0.2) is 15.0 Å². The molecule has 6 heteroatoms. The van der Waals surface area contributed by atoms with Gasteiger partial charge in [-0.3, -0.25) is 0 Å². The van der Waals surface area contributed by atoms with Crippen LogP contribution in [-0.4, -0.2) is 60.2 Å². The number of anilines is 2. The van der Waals surface area contributed by atoms with Crippen molar-refractivity contribution in [1.82, 2.24) is 19.9 Å². The van der Waals surface area contributed by atoms with Crippen molar-refractivity contribution in [2.45, 2.75) is 33.1 Å². The Hall–Kier alpha value is -1.40. The van der Waals surface area contributed by atoms with Gasteiger partial charge < -0.3 is 15.6 Å². The first kappa shape index (κ1) is 16.0. The fraction of sp³-hybridized carbons (Fsp3) is 0.733. The molecule has 1 fully saturated rings. The van der Waals surface area contributed by atoms with Crippen LogP contribution in [0.15, 0.2) is 0 Å². The van der Waals surface area contributed by atoms with E-state index in [0.717, 1.165) is 49.2 Å². The first-order chi connectivity index (χ1) is 9.81. The molecule has 0 aromatic carbocycles. The van der Waals surface area contributed by atoms with Crippen LogP contribution in [0.4, 0.5) is 11.6 Å². The molecule has 0 aliphatic carbocycles. The number of hydrogen-bond acceptors (Lipinski definition) is 6. The van der Waals surface area contributed by atoms with E-state index in [1.54, 1.807) is 0 Å². The lowest BCUT2D eigenvalue weighted by molar-refractivity contribution is 0.178. The van der Waals surface area contributed by atoms with Gasteiger partial charge in [0.05, 0.1) is 0 Å². The van der Waals surface area contributed by atoms with Crippen molar-refractivity contribution < 1.29 is 0 Å². The minimum atomic E-state index is -0.0716. The summed E-state index contributed by atoms with van der Waals surface area (Å²) in [6, 6.07) is 0. The molecule has 6 nitrogen and oxygen atoms in total. The average molecular weight is 292 g/mol. The van der Waals surface area contributed by atoms with Gasteiger partial charge >= 0.3 is 0 Å². The predicted molar refractivity (Wildman–Crippen MR) is 87.7 cm³/mol. The van der Waals surface area contributed by atoms with Gasteiger partial charge in [0.25, 0.3) is 0 Å². The molecular formula is C15H28N6. The van der Waals surface area contributed by atoms with E-state index in [1.807, 2.05) is 7.05 Å². The van der Waals surface area contributed by atoms with Gasteiger partial charge in [0.15, 0.2) is 0 Å². The number of nitrogens with zero attached hydrogens (tertiary/aromatic N) is 4. The molecule has 0 amide bonds. The summed E-state index contributed by atoms with van der Waals surface area (Å²) in [6.45, 7) is 12.6. The van der Waals surface area contributed by atoms with Crippen molar-refractivity contribution in [3.63, 3.8) is 0 Å². The van der Waals surface area contributed by atoms with Crippen LogP contribution < -0.4 is 10.7 Å². The minimum absolute atomic E-state index is 0.0716. The smallest absolute Gasteiger partial charge is 0.149 e. The average Bonchev–Trinajstić information content (AvgIpc) is 2.42. The fourth-order valence-corrected chi connectivity index (χ4v) is 2.27. The number of hydrogen-bond donors (Lipinski definition) is 2. The lowest BCUT2D eigenvalue weighted by Gasteiger charge is -2.33. The van der Waals surface area contributed by atoms with Crippen LogP contribution in [0.1, 0.15) is 32.2 Å². The first-order valence-electron chi connectivity index (χ1n) is 7.58. The molecule has 1 saturated heterocycles. The van der Waals surface area contributed by atoms with Gasteiger partial charge in [-0.1, -0.05) is 20.8 Å². The normalized spacial score (nSPS) is 17.8. The van der Waals surface area contributed by atoms with Gasteiger partial charge in [-0.2, -0.15) is 0 Å². The quantitative estimate of drug-likeness (QED) is 0.884. The summed E-state index contributed by atoms with van der Waals surface area (Å²) in [5.74, 6) is 2.66. The molecule has 0 unspecified atom stereocenters. The molecular weight excluding hydrogens is 264 g/mol. The van der Waals surface area contributed by atoms with E-state index >= 15 is 0 Å².